The van der Waals surface area contributed by atoms with Crippen molar-refractivity contribution in [2.24, 2.45) is 0 Å². The minimum Gasteiger partial charge on any atom is -0.353 e. The van der Waals surface area contributed by atoms with E-state index >= 15 is 0 Å². The lowest BCUT2D eigenvalue weighted by Gasteiger charge is -2.35. The van der Waals surface area contributed by atoms with Crippen LogP contribution in [-0.4, -0.2) is 47.0 Å². The molecular formula is C18H18N4OS2. The molecule has 0 aromatic carbocycles. The number of anilines is 1. The van der Waals surface area contributed by atoms with Gasteiger partial charge in [-0.3, -0.25) is 4.79 Å². The van der Waals surface area contributed by atoms with E-state index in [9.17, 15) is 4.79 Å². The fourth-order valence-electron chi connectivity index (χ4n) is 2.89. The average molecular weight is 371 g/mol. The van der Waals surface area contributed by atoms with Crippen molar-refractivity contribution in [1.29, 1.82) is 0 Å². The van der Waals surface area contributed by atoms with Gasteiger partial charge in [0, 0.05) is 37.8 Å². The lowest BCUT2D eigenvalue weighted by molar-refractivity contribution is -0.130. The van der Waals surface area contributed by atoms with Gasteiger partial charge in [-0.05, 0) is 23.6 Å². The molecule has 0 saturated carbocycles. The van der Waals surface area contributed by atoms with Gasteiger partial charge >= 0.3 is 0 Å². The maximum Gasteiger partial charge on any atom is 0.228 e. The first-order valence-corrected chi connectivity index (χ1v) is 9.97. The molecule has 3 aromatic heterocycles. The number of amides is 1. The molecule has 7 heteroatoms. The fourth-order valence-corrected chi connectivity index (χ4v) is 4.53. The summed E-state index contributed by atoms with van der Waals surface area (Å²) in [5.41, 5.74) is 0.866. The molecule has 4 rings (SSSR count). The van der Waals surface area contributed by atoms with Crippen molar-refractivity contribution in [1.82, 2.24) is 14.9 Å². The molecule has 1 aliphatic rings. The highest BCUT2D eigenvalue weighted by Gasteiger charge is 2.22. The molecule has 5 nitrogen and oxygen atoms in total. The monoisotopic (exact) mass is 370 g/mol. The molecule has 1 aliphatic heterocycles. The van der Waals surface area contributed by atoms with E-state index in [1.54, 1.807) is 28.9 Å². The molecule has 3 aromatic rings. The number of piperazine rings is 1. The van der Waals surface area contributed by atoms with Crippen molar-refractivity contribution in [2.75, 3.05) is 31.1 Å². The van der Waals surface area contributed by atoms with E-state index < -0.39 is 0 Å². The topological polar surface area (TPSA) is 49.3 Å². The molecule has 1 saturated heterocycles. The van der Waals surface area contributed by atoms with Crippen LogP contribution < -0.4 is 4.90 Å². The van der Waals surface area contributed by atoms with Crippen molar-refractivity contribution in [3.63, 3.8) is 0 Å². The second-order valence-electron chi connectivity index (χ2n) is 5.85. The zero-order valence-corrected chi connectivity index (χ0v) is 15.3. The van der Waals surface area contributed by atoms with Crippen molar-refractivity contribution in [3.05, 3.63) is 53.0 Å². The molecule has 1 amide bonds. The molecule has 0 atom stereocenters. The van der Waals surface area contributed by atoms with Gasteiger partial charge in [-0.15, -0.1) is 22.7 Å². The molecule has 0 unspecified atom stereocenters. The summed E-state index contributed by atoms with van der Waals surface area (Å²) in [5, 5.41) is 5.04. The predicted molar refractivity (Wildman–Crippen MR) is 102 cm³/mol. The van der Waals surface area contributed by atoms with E-state index in [-0.39, 0.29) is 5.91 Å². The molecule has 0 N–H and O–H groups in total. The van der Waals surface area contributed by atoms with Gasteiger partial charge in [-0.2, -0.15) is 0 Å². The van der Waals surface area contributed by atoms with Gasteiger partial charge < -0.3 is 9.80 Å². The third-order valence-electron chi connectivity index (χ3n) is 4.22. The van der Waals surface area contributed by atoms with Gasteiger partial charge in [0.2, 0.25) is 5.91 Å². The molecule has 0 spiro atoms. The highest BCUT2D eigenvalue weighted by molar-refractivity contribution is 7.20. The number of hydrogen-bond donors (Lipinski definition) is 0. The van der Waals surface area contributed by atoms with Crippen LogP contribution in [0.25, 0.3) is 9.88 Å². The SMILES string of the molecule is O=C(Cc1csc(-c2cccs2)n1)N1CCN(c2ccccn2)CC1. The zero-order chi connectivity index (χ0) is 17.1. The number of thiazole rings is 1. The third kappa shape index (κ3) is 3.72. The van der Waals surface area contributed by atoms with Crippen molar-refractivity contribution < 1.29 is 4.79 Å². The minimum atomic E-state index is 0.156. The molecule has 1 fully saturated rings. The number of carbonyl (C=O) groups excluding carboxylic acids is 1. The van der Waals surface area contributed by atoms with Crippen LogP contribution in [0, 0.1) is 0 Å². The molecule has 0 bridgehead atoms. The fraction of sp³-hybridized carbons (Fsp3) is 0.278. The highest BCUT2D eigenvalue weighted by atomic mass is 32.1. The van der Waals surface area contributed by atoms with E-state index in [2.05, 4.69) is 20.9 Å². The van der Waals surface area contributed by atoms with Crippen LogP contribution in [0.5, 0.6) is 0 Å². The molecular weight excluding hydrogens is 352 g/mol. The Hall–Kier alpha value is -2.25. The first kappa shape index (κ1) is 16.2. The Labute approximate surface area is 154 Å². The first-order chi connectivity index (χ1) is 12.3. The Balaban J connectivity index is 1.34. The summed E-state index contributed by atoms with van der Waals surface area (Å²) in [7, 11) is 0. The van der Waals surface area contributed by atoms with Crippen molar-refractivity contribution >= 4 is 34.4 Å². The van der Waals surface area contributed by atoms with Crippen LogP contribution in [-0.2, 0) is 11.2 Å². The summed E-state index contributed by atoms with van der Waals surface area (Å²) < 4.78 is 0. The van der Waals surface area contributed by atoms with Crippen molar-refractivity contribution in [2.45, 2.75) is 6.42 Å². The van der Waals surface area contributed by atoms with Crippen LogP contribution in [0.2, 0.25) is 0 Å². The van der Waals surface area contributed by atoms with Gasteiger partial charge in [0.1, 0.15) is 10.8 Å². The summed E-state index contributed by atoms with van der Waals surface area (Å²) in [5.74, 6) is 1.14. The Bertz CT molecular complexity index is 824. The largest absolute Gasteiger partial charge is 0.353 e. The Morgan fingerprint density at radius 1 is 1.08 bits per heavy atom. The van der Waals surface area contributed by atoms with Crippen LogP contribution >= 0.6 is 22.7 Å². The number of aromatic nitrogens is 2. The van der Waals surface area contributed by atoms with Crippen LogP contribution in [0.4, 0.5) is 5.82 Å². The molecule has 0 aliphatic carbocycles. The van der Waals surface area contributed by atoms with E-state index in [0.717, 1.165) is 47.6 Å². The quantitative estimate of drug-likeness (QED) is 0.708. The highest BCUT2D eigenvalue weighted by Crippen LogP contribution is 2.28. The summed E-state index contributed by atoms with van der Waals surface area (Å²) in [6.07, 6.45) is 2.19. The van der Waals surface area contributed by atoms with Gasteiger partial charge in [0.05, 0.1) is 17.0 Å². The van der Waals surface area contributed by atoms with E-state index in [1.165, 1.54) is 0 Å². The van der Waals surface area contributed by atoms with Gasteiger partial charge in [0.15, 0.2) is 0 Å². The smallest absolute Gasteiger partial charge is 0.228 e. The lowest BCUT2D eigenvalue weighted by atomic mass is 10.2. The van der Waals surface area contributed by atoms with Crippen molar-refractivity contribution in [3.8, 4) is 9.88 Å². The maximum absolute atomic E-state index is 12.6. The number of thiophene rings is 1. The number of hydrogen-bond acceptors (Lipinski definition) is 6. The molecule has 128 valence electrons. The molecule has 4 heterocycles. The zero-order valence-electron chi connectivity index (χ0n) is 13.7. The lowest BCUT2D eigenvalue weighted by Crippen LogP contribution is -2.49. The van der Waals surface area contributed by atoms with Crippen LogP contribution in [0.3, 0.4) is 0 Å². The standard InChI is InChI=1S/C18H18N4OS2/c23-17(12-14-13-25-18(20-14)15-4-3-11-24-15)22-9-7-21(8-10-22)16-5-1-2-6-19-16/h1-6,11,13H,7-10,12H2. The Morgan fingerprint density at radius 3 is 2.68 bits per heavy atom. The molecule has 0 radical (unpaired) electrons. The van der Waals surface area contributed by atoms with Gasteiger partial charge in [0.25, 0.3) is 0 Å². The summed E-state index contributed by atoms with van der Waals surface area (Å²) in [6.45, 7) is 3.11. The maximum atomic E-state index is 12.6. The minimum absolute atomic E-state index is 0.156. The Morgan fingerprint density at radius 2 is 1.96 bits per heavy atom. The average Bonchev–Trinajstić information content (AvgIpc) is 3.34. The van der Waals surface area contributed by atoms with E-state index in [4.69, 9.17) is 0 Å². The first-order valence-electron chi connectivity index (χ1n) is 8.21. The van der Waals surface area contributed by atoms with E-state index in [0.29, 0.717) is 6.42 Å². The van der Waals surface area contributed by atoms with Crippen LogP contribution in [0.15, 0.2) is 47.3 Å². The number of nitrogens with zero attached hydrogens (tertiary/aromatic N) is 4. The number of carbonyl (C=O) groups is 1. The second-order valence-corrected chi connectivity index (χ2v) is 7.66. The van der Waals surface area contributed by atoms with E-state index in [1.807, 2.05) is 39.9 Å². The molecule has 25 heavy (non-hydrogen) atoms. The van der Waals surface area contributed by atoms with Gasteiger partial charge in [-0.25, -0.2) is 9.97 Å². The summed E-state index contributed by atoms with van der Waals surface area (Å²) >= 11 is 3.28. The van der Waals surface area contributed by atoms with Crippen LogP contribution in [0.1, 0.15) is 5.69 Å². The second kappa shape index (κ2) is 7.33. The Kier molecular flexibility index (Phi) is 4.76. The normalized spacial score (nSPS) is 14.7. The van der Waals surface area contributed by atoms with Gasteiger partial charge in [-0.1, -0.05) is 12.1 Å². The number of pyridine rings is 1. The summed E-state index contributed by atoms with van der Waals surface area (Å²) in [6, 6.07) is 10.0. The third-order valence-corrected chi connectivity index (χ3v) is 6.15. The summed E-state index contributed by atoms with van der Waals surface area (Å²) in [4.78, 5) is 26.9. The number of rotatable bonds is 4. The predicted octanol–water partition coefficient (Wildman–Crippen LogP) is 3.16.